The molecule has 0 heterocycles. The van der Waals surface area contributed by atoms with Gasteiger partial charge in [0.25, 0.3) is 0 Å². The van der Waals surface area contributed by atoms with Crippen LogP contribution >= 0.6 is 0 Å². The van der Waals surface area contributed by atoms with Crippen molar-refractivity contribution in [1.82, 2.24) is 0 Å². The molecule has 29 heavy (non-hydrogen) atoms. The van der Waals surface area contributed by atoms with Crippen LogP contribution in [0.3, 0.4) is 0 Å². The zero-order valence-corrected chi connectivity index (χ0v) is 19.2. The van der Waals surface area contributed by atoms with E-state index in [9.17, 15) is 15.3 Å². The van der Waals surface area contributed by atoms with Gasteiger partial charge in [0, 0.05) is 0 Å². The molecular formula is C26H44O3. The molecule has 0 aromatic rings. The van der Waals surface area contributed by atoms with Crippen molar-refractivity contribution >= 4 is 0 Å². The summed E-state index contributed by atoms with van der Waals surface area (Å²) >= 11 is 0. The van der Waals surface area contributed by atoms with Crippen molar-refractivity contribution in [2.45, 2.75) is 116 Å². The molecule has 166 valence electrons. The first kappa shape index (κ1) is 23.0. The third-order valence-electron chi connectivity index (χ3n) is 8.25. The van der Waals surface area contributed by atoms with Crippen molar-refractivity contribution in [1.29, 1.82) is 0 Å². The van der Waals surface area contributed by atoms with Gasteiger partial charge in [-0.2, -0.15) is 0 Å². The molecule has 3 fully saturated rings. The number of rotatable bonds is 6. The summed E-state index contributed by atoms with van der Waals surface area (Å²) in [4.78, 5) is 0. The molecule has 3 aliphatic rings. The standard InChI is InChI=1S/C26H44O3/c1-18(7-5-13-25(2,3)29)23-11-12-24-20(8-6-14-26(23,24)4)10-9-19-15-21(27)17-22(28)16-19/h9-10,18,21-24,27-29H,5-8,11-17H2,1-4H3/b20-10-/t18-,21-,22-,23-,24+,26-/m1/s1. The van der Waals surface area contributed by atoms with Crippen molar-refractivity contribution in [3.8, 4) is 0 Å². The third kappa shape index (κ3) is 5.74. The third-order valence-corrected chi connectivity index (χ3v) is 8.25. The maximum Gasteiger partial charge on any atom is 0.0602 e. The van der Waals surface area contributed by atoms with Gasteiger partial charge in [0.15, 0.2) is 0 Å². The highest BCUT2D eigenvalue weighted by Gasteiger charge is 2.50. The van der Waals surface area contributed by atoms with Gasteiger partial charge in [-0.25, -0.2) is 0 Å². The Kier molecular flexibility index (Phi) is 7.34. The lowest BCUT2D eigenvalue weighted by Crippen LogP contribution is -2.36. The molecule has 0 unspecified atom stereocenters. The molecule has 3 saturated carbocycles. The summed E-state index contributed by atoms with van der Waals surface area (Å²) in [5.41, 5.74) is 2.66. The normalized spacial score (nSPS) is 38.2. The van der Waals surface area contributed by atoms with Crippen LogP contribution in [0.5, 0.6) is 0 Å². The number of aliphatic hydroxyl groups is 3. The van der Waals surface area contributed by atoms with E-state index in [-0.39, 0.29) is 12.2 Å². The van der Waals surface area contributed by atoms with Gasteiger partial charge in [0.05, 0.1) is 17.8 Å². The molecule has 6 atom stereocenters. The molecule has 0 bridgehead atoms. The van der Waals surface area contributed by atoms with Gasteiger partial charge < -0.3 is 15.3 Å². The van der Waals surface area contributed by atoms with Crippen LogP contribution in [0, 0.1) is 23.2 Å². The second-order valence-electron chi connectivity index (χ2n) is 11.3. The second-order valence-corrected chi connectivity index (χ2v) is 11.3. The average Bonchev–Trinajstić information content (AvgIpc) is 2.95. The monoisotopic (exact) mass is 404 g/mol. The largest absolute Gasteiger partial charge is 0.393 e. The first-order valence-electron chi connectivity index (χ1n) is 12.1. The van der Waals surface area contributed by atoms with Gasteiger partial charge in [-0.3, -0.25) is 0 Å². The fourth-order valence-corrected chi connectivity index (χ4v) is 6.80. The zero-order valence-electron chi connectivity index (χ0n) is 19.2. The molecule has 3 nitrogen and oxygen atoms in total. The Morgan fingerprint density at radius 1 is 1.14 bits per heavy atom. The van der Waals surface area contributed by atoms with E-state index >= 15 is 0 Å². The molecule has 0 amide bonds. The second kappa shape index (κ2) is 9.24. The van der Waals surface area contributed by atoms with E-state index in [2.05, 4.69) is 26.0 Å². The number of fused-ring (bicyclic) bond motifs is 1. The van der Waals surface area contributed by atoms with Gasteiger partial charge in [-0.1, -0.05) is 50.0 Å². The Balaban J connectivity index is 1.66. The van der Waals surface area contributed by atoms with E-state index in [4.69, 9.17) is 0 Å². The zero-order chi connectivity index (χ0) is 21.2. The van der Waals surface area contributed by atoms with Gasteiger partial charge >= 0.3 is 0 Å². The highest BCUT2D eigenvalue weighted by molar-refractivity contribution is 5.26. The van der Waals surface area contributed by atoms with Crippen LogP contribution in [-0.2, 0) is 0 Å². The van der Waals surface area contributed by atoms with E-state index < -0.39 is 5.60 Å². The molecule has 3 aliphatic carbocycles. The summed E-state index contributed by atoms with van der Waals surface area (Å²) in [6.45, 7) is 8.81. The first-order chi connectivity index (χ1) is 13.6. The molecule has 0 radical (unpaired) electrons. The quantitative estimate of drug-likeness (QED) is 0.545. The summed E-state index contributed by atoms with van der Waals surface area (Å²) in [7, 11) is 0. The van der Waals surface area contributed by atoms with E-state index in [1.54, 1.807) is 5.57 Å². The Bertz CT molecular complexity index is 602. The van der Waals surface area contributed by atoms with Crippen molar-refractivity contribution in [2.75, 3.05) is 0 Å². The van der Waals surface area contributed by atoms with E-state index in [0.717, 1.165) is 18.8 Å². The van der Waals surface area contributed by atoms with Crippen LogP contribution in [0.25, 0.3) is 0 Å². The highest BCUT2D eigenvalue weighted by Crippen LogP contribution is 2.59. The van der Waals surface area contributed by atoms with Crippen LogP contribution in [0.4, 0.5) is 0 Å². The average molecular weight is 405 g/mol. The summed E-state index contributed by atoms with van der Waals surface area (Å²) in [6, 6.07) is 0. The van der Waals surface area contributed by atoms with Crippen LogP contribution in [0.1, 0.15) is 98.3 Å². The topological polar surface area (TPSA) is 60.7 Å². The molecule has 3 rings (SSSR count). The number of allylic oxidation sites excluding steroid dienone is 3. The summed E-state index contributed by atoms with van der Waals surface area (Å²) in [5.74, 6) is 2.19. The van der Waals surface area contributed by atoms with Crippen LogP contribution in [-0.4, -0.2) is 33.1 Å². The molecule has 0 aromatic heterocycles. The molecule has 0 aliphatic heterocycles. The van der Waals surface area contributed by atoms with Gasteiger partial charge in [0.2, 0.25) is 0 Å². The predicted octanol–water partition coefficient (Wildman–Crippen LogP) is 5.54. The molecule has 3 N–H and O–H groups in total. The SMILES string of the molecule is C[C@H](CCCC(C)(C)O)[C@H]1CC[C@H]2/C(=C\C=C3C[C@@H](O)C[C@H](O)C3)CCC[C@]12C. The molecular weight excluding hydrogens is 360 g/mol. The lowest BCUT2D eigenvalue weighted by molar-refractivity contribution is 0.0591. The molecule has 0 spiro atoms. The maximum absolute atomic E-state index is 10.0. The first-order valence-corrected chi connectivity index (χ1v) is 12.1. The van der Waals surface area contributed by atoms with Crippen LogP contribution in [0.15, 0.2) is 23.3 Å². The fraction of sp³-hybridized carbons (Fsp3) is 0.846. The highest BCUT2D eigenvalue weighted by atomic mass is 16.3. The molecule has 3 heteroatoms. The Labute approximate surface area is 178 Å². The fourth-order valence-electron chi connectivity index (χ4n) is 6.80. The predicted molar refractivity (Wildman–Crippen MR) is 120 cm³/mol. The summed E-state index contributed by atoms with van der Waals surface area (Å²) in [6.07, 6.45) is 15.4. The Morgan fingerprint density at radius 3 is 2.48 bits per heavy atom. The molecule has 0 aromatic carbocycles. The Hall–Kier alpha value is -0.640. The van der Waals surface area contributed by atoms with Crippen molar-refractivity contribution in [2.24, 2.45) is 23.2 Å². The van der Waals surface area contributed by atoms with Gasteiger partial charge in [0.1, 0.15) is 0 Å². The number of aliphatic hydroxyl groups excluding tert-OH is 2. The lowest BCUT2D eigenvalue weighted by Gasteiger charge is -2.44. The van der Waals surface area contributed by atoms with Crippen LogP contribution in [0.2, 0.25) is 0 Å². The smallest absolute Gasteiger partial charge is 0.0602 e. The van der Waals surface area contributed by atoms with Crippen molar-refractivity contribution < 1.29 is 15.3 Å². The lowest BCUT2D eigenvalue weighted by atomic mass is 9.60. The van der Waals surface area contributed by atoms with E-state index in [1.165, 1.54) is 44.1 Å². The van der Waals surface area contributed by atoms with E-state index in [1.807, 2.05) is 13.8 Å². The number of hydrogen-bond acceptors (Lipinski definition) is 3. The summed E-state index contributed by atoms with van der Waals surface area (Å²) in [5, 5.41) is 29.9. The number of hydrogen-bond donors (Lipinski definition) is 3. The molecule has 0 saturated heterocycles. The van der Waals surface area contributed by atoms with E-state index in [0.29, 0.717) is 36.5 Å². The summed E-state index contributed by atoms with van der Waals surface area (Å²) < 4.78 is 0. The minimum atomic E-state index is -0.545. The van der Waals surface area contributed by atoms with Crippen molar-refractivity contribution in [3.63, 3.8) is 0 Å². The minimum absolute atomic E-state index is 0.388. The Morgan fingerprint density at radius 2 is 1.83 bits per heavy atom. The van der Waals surface area contributed by atoms with Crippen molar-refractivity contribution in [3.05, 3.63) is 23.3 Å². The minimum Gasteiger partial charge on any atom is -0.393 e. The van der Waals surface area contributed by atoms with Gasteiger partial charge in [-0.05, 0) is 94.8 Å². The van der Waals surface area contributed by atoms with Gasteiger partial charge in [-0.15, -0.1) is 0 Å². The maximum atomic E-state index is 10.0. The van der Waals surface area contributed by atoms with Crippen LogP contribution < -0.4 is 0 Å².